The van der Waals surface area contributed by atoms with E-state index in [0.717, 1.165) is 15.2 Å². The van der Waals surface area contributed by atoms with E-state index in [9.17, 15) is 0 Å². The highest BCUT2D eigenvalue weighted by atomic mass is 79.9. The van der Waals surface area contributed by atoms with Gasteiger partial charge in [-0.15, -0.1) is 11.3 Å². The van der Waals surface area contributed by atoms with E-state index in [2.05, 4.69) is 32.7 Å². The summed E-state index contributed by atoms with van der Waals surface area (Å²) >= 11 is 5.16. The Morgan fingerprint density at radius 2 is 1.85 bits per heavy atom. The van der Waals surface area contributed by atoms with Crippen LogP contribution in [0.25, 0.3) is 0 Å². The SMILES string of the molecule is Brc1sccc1Nc1ccccc1. The van der Waals surface area contributed by atoms with E-state index < -0.39 is 0 Å². The van der Waals surface area contributed by atoms with Gasteiger partial charge in [-0.05, 0) is 39.5 Å². The second-order valence-corrected chi connectivity index (χ2v) is 4.83. The molecule has 0 saturated carbocycles. The molecule has 0 aliphatic heterocycles. The molecule has 1 aromatic carbocycles. The molecule has 0 aliphatic carbocycles. The molecule has 0 aliphatic rings. The van der Waals surface area contributed by atoms with E-state index in [1.807, 2.05) is 30.3 Å². The van der Waals surface area contributed by atoms with Gasteiger partial charge in [-0.1, -0.05) is 18.2 Å². The second kappa shape index (κ2) is 3.94. The van der Waals surface area contributed by atoms with Crippen molar-refractivity contribution < 1.29 is 0 Å². The number of thiophene rings is 1. The van der Waals surface area contributed by atoms with Gasteiger partial charge in [0.1, 0.15) is 0 Å². The molecule has 0 radical (unpaired) electrons. The van der Waals surface area contributed by atoms with Gasteiger partial charge in [0.2, 0.25) is 0 Å². The Morgan fingerprint density at radius 3 is 2.46 bits per heavy atom. The van der Waals surface area contributed by atoms with Crippen molar-refractivity contribution in [2.45, 2.75) is 0 Å². The zero-order valence-corrected chi connectivity index (χ0v) is 9.23. The van der Waals surface area contributed by atoms with Crippen molar-refractivity contribution in [1.82, 2.24) is 0 Å². The molecule has 2 rings (SSSR count). The molecule has 1 N–H and O–H groups in total. The van der Waals surface area contributed by atoms with Crippen LogP contribution in [0, 0.1) is 0 Å². The van der Waals surface area contributed by atoms with Crippen LogP contribution in [0.2, 0.25) is 0 Å². The van der Waals surface area contributed by atoms with Crippen molar-refractivity contribution in [2.24, 2.45) is 0 Å². The van der Waals surface area contributed by atoms with Crippen LogP contribution in [-0.4, -0.2) is 0 Å². The Morgan fingerprint density at radius 1 is 1.08 bits per heavy atom. The lowest BCUT2D eigenvalue weighted by atomic mass is 10.3. The predicted octanol–water partition coefficient (Wildman–Crippen LogP) is 4.25. The van der Waals surface area contributed by atoms with Crippen LogP contribution in [-0.2, 0) is 0 Å². The fourth-order valence-electron chi connectivity index (χ4n) is 1.06. The van der Waals surface area contributed by atoms with Gasteiger partial charge in [0.15, 0.2) is 0 Å². The Bertz CT molecular complexity index is 383. The maximum atomic E-state index is 3.48. The molecule has 0 fully saturated rings. The molecule has 2 aromatic rings. The number of halogens is 1. The summed E-state index contributed by atoms with van der Waals surface area (Å²) in [7, 11) is 0. The molecular weight excluding hydrogens is 246 g/mol. The number of hydrogen-bond donors (Lipinski definition) is 1. The lowest BCUT2D eigenvalue weighted by molar-refractivity contribution is 1.58. The van der Waals surface area contributed by atoms with Crippen molar-refractivity contribution in [3.05, 3.63) is 45.6 Å². The quantitative estimate of drug-likeness (QED) is 0.844. The number of nitrogens with one attached hydrogen (secondary N) is 1. The predicted molar refractivity (Wildman–Crippen MR) is 61.7 cm³/mol. The summed E-state index contributed by atoms with van der Waals surface area (Å²) in [5.41, 5.74) is 2.23. The van der Waals surface area contributed by atoms with Crippen LogP contribution >= 0.6 is 27.3 Å². The maximum Gasteiger partial charge on any atom is 0.0933 e. The number of hydrogen-bond acceptors (Lipinski definition) is 2. The summed E-state index contributed by atoms with van der Waals surface area (Å²) in [5.74, 6) is 0. The molecule has 0 spiro atoms. The largest absolute Gasteiger partial charge is 0.354 e. The standard InChI is InChI=1S/C10H8BrNS/c11-10-9(6-7-13-10)12-8-4-2-1-3-5-8/h1-7,12H. The molecule has 0 bridgehead atoms. The van der Waals surface area contributed by atoms with Crippen LogP contribution in [0.3, 0.4) is 0 Å². The Labute approximate surface area is 89.5 Å². The van der Waals surface area contributed by atoms with E-state index >= 15 is 0 Å². The van der Waals surface area contributed by atoms with Crippen molar-refractivity contribution in [1.29, 1.82) is 0 Å². The molecule has 1 nitrogen and oxygen atoms in total. The Hall–Kier alpha value is -0.800. The zero-order chi connectivity index (χ0) is 9.10. The van der Waals surface area contributed by atoms with E-state index in [1.54, 1.807) is 11.3 Å². The molecule has 1 heterocycles. The molecular formula is C10H8BrNS. The summed E-state index contributed by atoms with van der Waals surface area (Å²) in [6, 6.07) is 12.2. The van der Waals surface area contributed by atoms with E-state index in [-0.39, 0.29) is 0 Å². The molecule has 0 saturated heterocycles. The summed E-state index contributed by atoms with van der Waals surface area (Å²) in [6.45, 7) is 0. The van der Waals surface area contributed by atoms with Gasteiger partial charge >= 0.3 is 0 Å². The third-order valence-corrected chi connectivity index (χ3v) is 3.36. The van der Waals surface area contributed by atoms with Crippen LogP contribution in [0.5, 0.6) is 0 Å². The third kappa shape index (κ3) is 2.11. The monoisotopic (exact) mass is 253 g/mol. The average molecular weight is 254 g/mol. The molecule has 1 aromatic heterocycles. The van der Waals surface area contributed by atoms with E-state index in [4.69, 9.17) is 0 Å². The first-order chi connectivity index (χ1) is 6.36. The fraction of sp³-hybridized carbons (Fsp3) is 0. The van der Waals surface area contributed by atoms with Crippen LogP contribution in [0.1, 0.15) is 0 Å². The molecule has 13 heavy (non-hydrogen) atoms. The number of rotatable bonds is 2. The average Bonchev–Trinajstić information content (AvgIpc) is 2.54. The van der Waals surface area contributed by atoms with Gasteiger partial charge in [0, 0.05) is 5.69 Å². The second-order valence-electron chi connectivity index (χ2n) is 2.60. The maximum absolute atomic E-state index is 3.48. The first-order valence-electron chi connectivity index (χ1n) is 3.91. The Kier molecular flexibility index (Phi) is 2.66. The minimum atomic E-state index is 1.11. The van der Waals surface area contributed by atoms with Gasteiger partial charge in [-0.25, -0.2) is 0 Å². The van der Waals surface area contributed by atoms with Crippen molar-refractivity contribution in [2.75, 3.05) is 5.32 Å². The first kappa shape index (κ1) is 8.78. The van der Waals surface area contributed by atoms with Gasteiger partial charge in [-0.3, -0.25) is 0 Å². The minimum absolute atomic E-state index is 1.11. The van der Waals surface area contributed by atoms with E-state index in [1.165, 1.54) is 0 Å². The van der Waals surface area contributed by atoms with Crippen molar-refractivity contribution in [3.63, 3.8) is 0 Å². The highest BCUT2D eigenvalue weighted by Gasteiger charge is 1.99. The van der Waals surface area contributed by atoms with Gasteiger partial charge in [0.25, 0.3) is 0 Å². The Balaban J connectivity index is 2.20. The molecule has 0 unspecified atom stereocenters. The molecule has 3 heteroatoms. The van der Waals surface area contributed by atoms with Gasteiger partial charge in [-0.2, -0.15) is 0 Å². The molecule has 66 valence electrons. The summed E-state index contributed by atoms with van der Waals surface area (Å²) in [5, 5.41) is 5.37. The molecule has 0 atom stereocenters. The van der Waals surface area contributed by atoms with Crippen molar-refractivity contribution >= 4 is 38.6 Å². The normalized spacial score (nSPS) is 9.92. The summed E-state index contributed by atoms with van der Waals surface area (Å²) in [6.07, 6.45) is 0. The highest BCUT2D eigenvalue weighted by molar-refractivity contribution is 9.11. The minimum Gasteiger partial charge on any atom is -0.354 e. The van der Waals surface area contributed by atoms with Crippen molar-refractivity contribution in [3.8, 4) is 0 Å². The summed E-state index contributed by atoms with van der Waals surface area (Å²) < 4.78 is 1.14. The zero-order valence-electron chi connectivity index (χ0n) is 6.83. The van der Waals surface area contributed by atoms with Crippen LogP contribution < -0.4 is 5.32 Å². The van der Waals surface area contributed by atoms with Gasteiger partial charge in [0.05, 0.1) is 9.47 Å². The number of benzene rings is 1. The topological polar surface area (TPSA) is 12.0 Å². The fourth-order valence-corrected chi connectivity index (χ4v) is 2.18. The van der Waals surface area contributed by atoms with E-state index in [0.29, 0.717) is 0 Å². The van der Waals surface area contributed by atoms with Crippen LogP contribution in [0.15, 0.2) is 45.6 Å². The lowest BCUT2D eigenvalue weighted by Gasteiger charge is -2.03. The third-order valence-electron chi connectivity index (χ3n) is 1.67. The summed E-state index contributed by atoms with van der Waals surface area (Å²) in [4.78, 5) is 0. The first-order valence-corrected chi connectivity index (χ1v) is 5.58. The smallest absolute Gasteiger partial charge is 0.0933 e. The highest BCUT2D eigenvalue weighted by Crippen LogP contribution is 2.30. The lowest BCUT2D eigenvalue weighted by Crippen LogP contribution is -1.87. The number of para-hydroxylation sites is 1. The number of anilines is 2. The van der Waals surface area contributed by atoms with Crippen LogP contribution in [0.4, 0.5) is 11.4 Å². The van der Waals surface area contributed by atoms with Gasteiger partial charge < -0.3 is 5.32 Å². The molecule has 0 amide bonds.